The van der Waals surface area contributed by atoms with Crippen molar-refractivity contribution >= 4 is 34.8 Å². The number of hydrogen-bond acceptors (Lipinski definition) is 2. The van der Waals surface area contributed by atoms with Crippen molar-refractivity contribution in [2.24, 2.45) is 5.73 Å². The lowest BCUT2D eigenvalue weighted by Crippen LogP contribution is -2.14. The fourth-order valence-corrected chi connectivity index (χ4v) is 1.30. The Bertz CT molecular complexity index is 342. The van der Waals surface area contributed by atoms with Gasteiger partial charge in [-0.15, -0.1) is 11.6 Å². The molecule has 1 aromatic rings. The number of anilines is 1. The van der Waals surface area contributed by atoms with Gasteiger partial charge in [0.15, 0.2) is 0 Å². The van der Waals surface area contributed by atoms with Crippen molar-refractivity contribution in [1.82, 2.24) is 0 Å². The molecule has 0 unspecified atom stereocenters. The van der Waals surface area contributed by atoms with Gasteiger partial charge in [-0.2, -0.15) is 0 Å². The van der Waals surface area contributed by atoms with Crippen LogP contribution in [0.25, 0.3) is 0 Å². The van der Waals surface area contributed by atoms with Gasteiger partial charge in [-0.3, -0.25) is 4.79 Å². The lowest BCUT2D eigenvalue weighted by atomic mass is 10.2. The first-order valence-electron chi connectivity index (χ1n) is 4.01. The summed E-state index contributed by atoms with van der Waals surface area (Å²) in [5.74, 6) is -0.337. The summed E-state index contributed by atoms with van der Waals surface area (Å²) in [6.45, 7) is 0.318. The lowest BCUT2D eigenvalue weighted by molar-refractivity contribution is -0.113. The zero-order valence-corrected chi connectivity index (χ0v) is 8.90. The molecular weight excluding hydrogens is 223 g/mol. The van der Waals surface area contributed by atoms with E-state index < -0.39 is 0 Å². The van der Waals surface area contributed by atoms with E-state index in [1.807, 2.05) is 0 Å². The second-order valence-electron chi connectivity index (χ2n) is 2.69. The van der Waals surface area contributed by atoms with Crippen molar-refractivity contribution in [3.8, 4) is 0 Å². The molecule has 0 fully saturated rings. The van der Waals surface area contributed by atoms with E-state index in [1.54, 1.807) is 18.2 Å². The molecule has 0 saturated carbocycles. The van der Waals surface area contributed by atoms with Crippen LogP contribution in [0.2, 0.25) is 5.02 Å². The third-order valence-electron chi connectivity index (χ3n) is 1.68. The first-order valence-corrected chi connectivity index (χ1v) is 4.93. The Kier molecular flexibility index (Phi) is 4.20. The predicted molar refractivity (Wildman–Crippen MR) is 58.7 cm³/mol. The molecule has 0 aliphatic heterocycles. The van der Waals surface area contributed by atoms with E-state index in [4.69, 9.17) is 28.9 Å². The minimum atomic E-state index is -0.260. The first-order chi connectivity index (χ1) is 6.67. The Balaban J connectivity index is 2.90. The van der Waals surface area contributed by atoms with E-state index in [9.17, 15) is 4.79 Å². The zero-order valence-electron chi connectivity index (χ0n) is 7.39. The minimum Gasteiger partial charge on any atom is -0.326 e. The number of nitrogens with one attached hydrogen (secondary N) is 1. The van der Waals surface area contributed by atoms with Gasteiger partial charge in [0.1, 0.15) is 5.88 Å². The molecule has 3 N–H and O–H groups in total. The van der Waals surface area contributed by atoms with Crippen molar-refractivity contribution in [2.75, 3.05) is 11.2 Å². The number of alkyl halides is 1. The maximum absolute atomic E-state index is 11.0. The maximum atomic E-state index is 11.0. The highest BCUT2D eigenvalue weighted by Gasteiger charge is 2.05. The van der Waals surface area contributed by atoms with E-state index in [-0.39, 0.29) is 11.8 Å². The largest absolute Gasteiger partial charge is 0.326 e. The molecule has 14 heavy (non-hydrogen) atoms. The Morgan fingerprint density at radius 3 is 2.79 bits per heavy atom. The molecule has 5 heteroatoms. The summed E-state index contributed by atoms with van der Waals surface area (Å²) < 4.78 is 0. The molecule has 1 amide bonds. The molecule has 0 bridgehead atoms. The lowest BCUT2D eigenvalue weighted by Gasteiger charge is -2.08. The third kappa shape index (κ3) is 2.87. The summed E-state index contributed by atoms with van der Waals surface area (Å²) in [4.78, 5) is 11.0. The van der Waals surface area contributed by atoms with Crippen LogP contribution in [0.3, 0.4) is 0 Å². The molecule has 1 aromatic carbocycles. The fraction of sp³-hybridized carbons (Fsp3) is 0.222. The topological polar surface area (TPSA) is 55.1 Å². The molecule has 3 nitrogen and oxygen atoms in total. The van der Waals surface area contributed by atoms with Crippen molar-refractivity contribution < 1.29 is 4.79 Å². The van der Waals surface area contributed by atoms with E-state index in [0.29, 0.717) is 17.3 Å². The van der Waals surface area contributed by atoms with Gasteiger partial charge in [0.2, 0.25) is 5.91 Å². The standard InChI is InChI=1S/C9H10Cl2N2O/c10-4-9(14)13-8-2-1-7(11)3-6(8)5-12/h1-3H,4-5,12H2,(H,13,14). The van der Waals surface area contributed by atoms with Crippen LogP contribution >= 0.6 is 23.2 Å². The molecule has 0 heterocycles. The maximum Gasteiger partial charge on any atom is 0.239 e. The molecule has 0 spiro atoms. The zero-order chi connectivity index (χ0) is 10.6. The average molecular weight is 233 g/mol. The van der Waals surface area contributed by atoms with Crippen LogP contribution in [-0.2, 0) is 11.3 Å². The van der Waals surface area contributed by atoms with Crippen molar-refractivity contribution in [2.45, 2.75) is 6.54 Å². The van der Waals surface area contributed by atoms with Crippen LogP contribution in [-0.4, -0.2) is 11.8 Å². The SMILES string of the molecule is NCc1cc(Cl)ccc1NC(=O)CCl. The van der Waals surface area contributed by atoms with E-state index in [0.717, 1.165) is 5.56 Å². The van der Waals surface area contributed by atoms with Gasteiger partial charge in [0.25, 0.3) is 0 Å². The summed E-state index contributed by atoms with van der Waals surface area (Å²) >= 11 is 11.1. The van der Waals surface area contributed by atoms with Crippen LogP contribution in [0, 0.1) is 0 Å². The smallest absolute Gasteiger partial charge is 0.239 e. The number of halogens is 2. The molecule has 0 aromatic heterocycles. The molecule has 0 atom stereocenters. The monoisotopic (exact) mass is 232 g/mol. The highest BCUT2D eigenvalue weighted by molar-refractivity contribution is 6.31. The van der Waals surface area contributed by atoms with Crippen LogP contribution in [0.5, 0.6) is 0 Å². The number of carbonyl (C=O) groups is 1. The van der Waals surface area contributed by atoms with E-state index in [2.05, 4.69) is 5.32 Å². The summed E-state index contributed by atoms with van der Waals surface area (Å²) in [6.07, 6.45) is 0. The molecule has 0 aliphatic rings. The number of hydrogen-bond donors (Lipinski definition) is 2. The van der Waals surface area contributed by atoms with Crippen LogP contribution in [0.1, 0.15) is 5.56 Å². The summed E-state index contributed by atoms with van der Waals surface area (Å²) in [5, 5.41) is 3.22. The molecule has 0 radical (unpaired) electrons. The molecule has 0 aliphatic carbocycles. The summed E-state index contributed by atoms with van der Waals surface area (Å²) in [5.41, 5.74) is 6.94. The minimum absolute atomic E-state index is 0.0767. The third-order valence-corrected chi connectivity index (χ3v) is 2.16. The quantitative estimate of drug-likeness (QED) is 0.784. The summed E-state index contributed by atoms with van der Waals surface area (Å²) in [6, 6.07) is 5.10. The fourth-order valence-electron chi connectivity index (χ4n) is 1.04. The van der Waals surface area contributed by atoms with Crippen molar-refractivity contribution in [1.29, 1.82) is 0 Å². The second-order valence-corrected chi connectivity index (χ2v) is 3.39. The van der Waals surface area contributed by atoms with Crippen LogP contribution < -0.4 is 11.1 Å². The van der Waals surface area contributed by atoms with Gasteiger partial charge >= 0.3 is 0 Å². The van der Waals surface area contributed by atoms with Crippen LogP contribution in [0.15, 0.2) is 18.2 Å². The number of rotatable bonds is 3. The van der Waals surface area contributed by atoms with E-state index >= 15 is 0 Å². The highest BCUT2D eigenvalue weighted by Crippen LogP contribution is 2.20. The predicted octanol–water partition coefficient (Wildman–Crippen LogP) is 1.98. The summed E-state index contributed by atoms with van der Waals surface area (Å²) in [7, 11) is 0. The number of nitrogens with two attached hydrogens (primary N) is 1. The van der Waals surface area contributed by atoms with Crippen molar-refractivity contribution in [3.05, 3.63) is 28.8 Å². The van der Waals surface area contributed by atoms with Gasteiger partial charge in [-0.05, 0) is 23.8 Å². The Hall–Kier alpha value is -0.770. The van der Waals surface area contributed by atoms with Gasteiger partial charge in [0, 0.05) is 17.3 Å². The average Bonchev–Trinajstić information content (AvgIpc) is 2.20. The normalized spacial score (nSPS) is 9.93. The molecule has 76 valence electrons. The Labute approximate surface area is 92.2 Å². The highest BCUT2D eigenvalue weighted by atomic mass is 35.5. The van der Waals surface area contributed by atoms with Crippen molar-refractivity contribution in [3.63, 3.8) is 0 Å². The second kappa shape index (κ2) is 5.20. The van der Waals surface area contributed by atoms with Gasteiger partial charge < -0.3 is 11.1 Å². The van der Waals surface area contributed by atoms with Gasteiger partial charge in [-0.1, -0.05) is 11.6 Å². The van der Waals surface area contributed by atoms with Crippen LogP contribution in [0.4, 0.5) is 5.69 Å². The van der Waals surface area contributed by atoms with Gasteiger partial charge in [0.05, 0.1) is 0 Å². The van der Waals surface area contributed by atoms with E-state index in [1.165, 1.54) is 0 Å². The number of benzene rings is 1. The molecule has 1 rings (SSSR count). The first kappa shape index (κ1) is 11.3. The molecule has 0 saturated heterocycles. The van der Waals surface area contributed by atoms with Gasteiger partial charge in [-0.25, -0.2) is 0 Å². The number of amides is 1. The Morgan fingerprint density at radius 2 is 2.21 bits per heavy atom. The number of carbonyl (C=O) groups excluding carboxylic acids is 1. The molecular formula is C9H10Cl2N2O. The Morgan fingerprint density at radius 1 is 1.50 bits per heavy atom.